The molecular weight excluding hydrogens is 380 g/mol. The molecule has 0 bridgehead atoms. The van der Waals surface area contributed by atoms with Crippen LogP contribution in [0.25, 0.3) is 11.1 Å². The molecule has 1 aliphatic rings. The van der Waals surface area contributed by atoms with E-state index in [1.807, 2.05) is 48.5 Å². The van der Waals surface area contributed by atoms with E-state index in [1.54, 1.807) is 0 Å². The number of fused-ring (bicyclic) bond motifs is 3. The van der Waals surface area contributed by atoms with E-state index in [0.29, 0.717) is 19.3 Å². The van der Waals surface area contributed by atoms with E-state index in [9.17, 15) is 14.4 Å². The Morgan fingerprint density at radius 3 is 2.10 bits per heavy atom. The van der Waals surface area contributed by atoms with E-state index in [2.05, 4.69) is 0 Å². The van der Waals surface area contributed by atoms with Crippen molar-refractivity contribution in [2.45, 2.75) is 56.7 Å². The quantitative estimate of drug-likeness (QED) is 0.361. The van der Waals surface area contributed by atoms with E-state index in [-0.39, 0.29) is 11.7 Å². The summed E-state index contributed by atoms with van der Waals surface area (Å²) >= 11 is 0. The number of methoxy groups -OCH3 is 1. The van der Waals surface area contributed by atoms with Gasteiger partial charge in [0.25, 0.3) is 6.47 Å². The molecule has 0 aliphatic heterocycles. The third kappa shape index (κ3) is 4.68. The van der Waals surface area contributed by atoms with Gasteiger partial charge in [-0.1, -0.05) is 67.8 Å². The number of Topliss-reactive ketones (excluding diaryl/α,β-unsaturated/α-hetero) is 1. The monoisotopic (exact) mass is 408 g/mol. The largest absolute Gasteiger partial charge is 0.455 e. The summed E-state index contributed by atoms with van der Waals surface area (Å²) < 4.78 is 10.9. The molecule has 0 spiro atoms. The van der Waals surface area contributed by atoms with Crippen LogP contribution in [0.15, 0.2) is 48.5 Å². The molecule has 2 aromatic carbocycles. The van der Waals surface area contributed by atoms with E-state index in [0.717, 1.165) is 54.2 Å². The molecule has 1 aliphatic carbocycles. The average molecular weight is 408 g/mol. The Kier molecular flexibility index (Phi) is 7.91. The van der Waals surface area contributed by atoms with Gasteiger partial charge in [0.15, 0.2) is 6.10 Å². The molecule has 0 amide bonds. The molecule has 158 valence electrons. The van der Waals surface area contributed by atoms with Gasteiger partial charge in [-0.15, -0.1) is 0 Å². The number of carbonyl (C=O) groups excluding carboxylic acids is 3. The van der Waals surface area contributed by atoms with Crippen molar-refractivity contribution in [2.75, 3.05) is 7.11 Å². The Bertz CT molecular complexity index is 830. The second kappa shape index (κ2) is 10.8. The van der Waals surface area contributed by atoms with Gasteiger partial charge in [0.2, 0.25) is 5.78 Å². The zero-order chi connectivity index (χ0) is 21.3. The number of unbranched alkanes of at least 4 members (excludes halogenated alkanes) is 4. The third-order valence-corrected chi connectivity index (χ3v) is 5.81. The number of ether oxygens (including phenoxy) is 2. The first kappa shape index (κ1) is 21.9. The first-order valence-corrected chi connectivity index (χ1v) is 10.5. The van der Waals surface area contributed by atoms with Crippen LogP contribution >= 0.6 is 0 Å². The van der Waals surface area contributed by atoms with Gasteiger partial charge in [-0.2, -0.15) is 0 Å². The molecule has 0 saturated heterocycles. The zero-order valence-corrected chi connectivity index (χ0v) is 17.3. The lowest BCUT2D eigenvalue weighted by molar-refractivity contribution is -0.150. The summed E-state index contributed by atoms with van der Waals surface area (Å²) in [6, 6.07) is 15.9. The number of carbonyl (C=O) groups is 3. The van der Waals surface area contributed by atoms with E-state index >= 15 is 0 Å². The van der Waals surface area contributed by atoms with Crippen LogP contribution < -0.4 is 0 Å². The fourth-order valence-corrected chi connectivity index (χ4v) is 4.36. The molecular formula is C25H28O5. The SMILES string of the molecule is COC(CCCCCCC=O)C(=O)C(OC=O)C1c2ccccc2-c2ccccc21. The van der Waals surface area contributed by atoms with E-state index in [1.165, 1.54) is 7.11 Å². The number of hydrogen-bond acceptors (Lipinski definition) is 5. The number of aldehydes is 1. The van der Waals surface area contributed by atoms with Gasteiger partial charge in [0.1, 0.15) is 12.4 Å². The smallest absolute Gasteiger partial charge is 0.293 e. The standard InChI is InChI=1S/C25H28O5/c1-29-22(15-5-3-2-4-10-16-26)24(28)25(30-17-27)23-20-13-8-6-11-18(20)19-12-7-9-14-21(19)23/h6-9,11-14,16-17,22-23,25H,2-5,10,15H2,1H3. The van der Waals surface area contributed by atoms with Crippen LogP contribution in [0.4, 0.5) is 0 Å². The summed E-state index contributed by atoms with van der Waals surface area (Å²) in [5.74, 6) is -0.561. The van der Waals surface area contributed by atoms with Gasteiger partial charge < -0.3 is 14.3 Å². The van der Waals surface area contributed by atoms with Crippen LogP contribution in [0.2, 0.25) is 0 Å². The predicted octanol–water partition coefficient (Wildman–Crippen LogP) is 4.46. The molecule has 2 atom stereocenters. The van der Waals surface area contributed by atoms with E-state index < -0.39 is 12.2 Å². The third-order valence-electron chi connectivity index (χ3n) is 5.81. The molecule has 0 N–H and O–H groups in total. The molecule has 30 heavy (non-hydrogen) atoms. The molecule has 0 saturated carbocycles. The number of benzene rings is 2. The lowest BCUT2D eigenvalue weighted by atomic mass is 9.86. The Labute approximate surface area is 177 Å². The second-order valence-electron chi connectivity index (χ2n) is 7.59. The summed E-state index contributed by atoms with van der Waals surface area (Å²) in [5, 5.41) is 0. The van der Waals surface area contributed by atoms with Gasteiger partial charge in [0.05, 0.1) is 5.92 Å². The predicted molar refractivity (Wildman–Crippen MR) is 114 cm³/mol. The summed E-state index contributed by atoms with van der Waals surface area (Å²) in [6.45, 7) is 0.359. The van der Waals surface area contributed by atoms with Gasteiger partial charge in [-0.3, -0.25) is 9.59 Å². The fraction of sp³-hybridized carbons (Fsp3) is 0.400. The molecule has 0 heterocycles. The van der Waals surface area contributed by atoms with Crippen molar-refractivity contribution in [2.24, 2.45) is 0 Å². The van der Waals surface area contributed by atoms with Crippen molar-refractivity contribution in [1.29, 1.82) is 0 Å². The first-order valence-electron chi connectivity index (χ1n) is 10.5. The Morgan fingerprint density at radius 1 is 0.933 bits per heavy atom. The molecule has 0 radical (unpaired) electrons. The molecule has 0 aromatic heterocycles. The summed E-state index contributed by atoms with van der Waals surface area (Å²) in [5.41, 5.74) is 4.11. The minimum Gasteiger partial charge on any atom is -0.455 e. The van der Waals surface area contributed by atoms with Gasteiger partial charge in [-0.05, 0) is 35.1 Å². The maximum absolute atomic E-state index is 13.4. The number of hydrogen-bond donors (Lipinski definition) is 0. The van der Waals surface area contributed by atoms with Crippen LogP contribution in [0.1, 0.15) is 55.6 Å². The van der Waals surface area contributed by atoms with Crippen molar-refractivity contribution in [3.8, 4) is 11.1 Å². The molecule has 2 aromatic rings. The van der Waals surface area contributed by atoms with Gasteiger partial charge >= 0.3 is 0 Å². The minimum absolute atomic E-state index is 0.214. The van der Waals surface area contributed by atoms with Crippen molar-refractivity contribution >= 4 is 18.5 Å². The topological polar surface area (TPSA) is 69.7 Å². The van der Waals surface area contributed by atoms with Crippen molar-refractivity contribution < 1.29 is 23.9 Å². The summed E-state index contributed by atoms with van der Waals surface area (Å²) in [7, 11) is 1.52. The Balaban J connectivity index is 1.80. The van der Waals surface area contributed by atoms with Crippen molar-refractivity contribution in [3.05, 3.63) is 59.7 Å². The lowest BCUT2D eigenvalue weighted by Gasteiger charge is -2.26. The highest BCUT2D eigenvalue weighted by atomic mass is 16.5. The van der Waals surface area contributed by atoms with E-state index in [4.69, 9.17) is 9.47 Å². The Hall–Kier alpha value is -2.79. The molecule has 3 rings (SSSR count). The normalized spacial score (nSPS) is 14.4. The maximum Gasteiger partial charge on any atom is 0.293 e. The van der Waals surface area contributed by atoms with Crippen LogP contribution in [0, 0.1) is 0 Å². The molecule has 5 nitrogen and oxygen atoms in total. The minimum atomic E-state index is -0.938. The maximum atomic E-state index is 13.4. The van der Waals surface area contributed by atoms with Gasteiger partial charge in [-0.25, -0.2) is 0 Å². The highest BCUT2D eigenvalue weighted by Gasteiger charge is 2.41. The highest BCUT2D eigenvalue weighted by Crippen LogP contribution is 2.47. The van der Waals surface area contributed by atoms with Crippen LogP contribution in [-0.4, -0.2) is 37.9 Å². The zero-order valence-electron chi connectivity index (χ0n) is 17.3. The highest BCUT2D eigenvalue weighted by molar-refractivity contribution is 5.92. The summed E-state index contributed by atoms with van der Waals surface area (Å²) in [4.78, 5) is 35.1. The molecule has 0 fully saturated rings. The lowest BCUT2D eigenvalue weighted by Crippen LogP contribution is -2.39. The second-order valence-corrected chi connectivity index (χ2v) is 7.59. The number of rotatable bonds is 13. The van der Waals surface area contributed by atoms with Crippen LogP contribution in [-0.2, 0) is 23.9 Å². The van der Waals surface area contributed by atoms with Crippen molar-refractivity contribution in [3.63, 3.8) is 0 Å². The average Bonchev–Trinajstić information content (AvgIpc) is 3.11. The molecule has 5 heteroatoms. The number of ketones is 1. The van der Waals surface area contributed by atoms with Crippen molar-refractivity contribution in [1.82, 2.24) is 0 Å². The first-order chi connectivity index (χ1) is 14.7. The summed E-state index contributed by atoms with van der Waals surface area (Å²) in [6.07, 6.45) is 4.04. The fourth-order valence-electron chi connectivity index (χ4n) is 4.36. The van der Waals surface area contributed by atoms with Crippen LogP contribution in [0.3, 0.4) is 0 Å². The molecule has 2 unspecified atom stereocenters. The van der Waals surface area contributed by atoms with Gasteiger partial charge in [0, 0.05) is 13.5 Å². The Morgan fingerprint density at radius 2 is 1.53 bits per heavy atom. The van der Waals surface area contributed by atoms with Crippen LogP contribution in [0.5, 0.6) is 0 Å².